The molecule has 0 bridgehead atoms. The van der Waals surface area contributed by atoms with Crippen molar-refractivity contribution in [3.05, 3.63) is 34.9 Å². The molecule has 0 aromatic heterocycles. The van der Waals surface area contributed by atoms with Gasteiger partial charge in [0, 0.05) is 30.1 Å². The van der Waals surface area contributed by atoms with Crippen LogP contribution in [0.4, 0.5) is 0 Å². The lowest BCUT2D eigenvalue weighted by atomic mass is 9.84. The summed E-state index contributed by atoms with van der Waals surface area (Å²) in [5.41, 5.74) is -0.272. The lowest BCUT2D eigenvalue weighted by Gasteiger charge is -2.39. The Morgan fingerprint density at radius 2 is 2.00 bits per heavy atom. The summed E-state index contributed by atoms with van der Waals surface area (Å²) in [7, 11) is 0. The van der Waals surface area contributed by atoms with E-state index in [0.717, 1.165) is 5.56 Å². The van der Waals surface area contributed by atoms with Crippen LogP contribution in [0.5, 0.6) is 0 Å². The van der Waals surface area contributed by atoms with Gasteiger partial charge in [-0.05, 0) is 25.3 Å². The van der Waals surface area contributed by atoms with Crippen LogP contribution >= 0.6 is 11.6 Å². The maximum Gasteiger partial charge on any atom is 0.245 e. The van der Waals surface area contributed by atoms with Crippen molar-refractivity contribution >= 4 is 23.4 Å². The number of nitrogens with zero attached hydrogens (tertiary/aromatic N) is 1. The Morgan fingerprint density at radius 3 is 2.59 bits per heavy atom. The maximum atomic E-state index is 12.4. The highest BCUT2D eigenvalue weighted by molar-refractivity contribution is 6.31. The molecule has 1 aromatic carbocycles. The molecule has 2 saturated heterocycles. The number of hydrogen-bond donors (Lipinski definition) is 2. The van der Waals surface area contributed by atoms with E-state index in [1.54, 1.807) is 11.0 Å². The average Bonchev–Trinajstić information content (AvgIpc) is 2.94. The van der Waals surface area contributed by atoms with E-state index in [0.29, 0.717) is 43.8 Å². The Bertz CT molecular complexity index is 597. The molecule has 2 heterocycles. The molecule has 0 radical (unpaired) electrons. The van der Waals surface area contributed by atoms with Gasteiger partial charge in [-0.25, -0.2) is 0 Å². The lowest BCUT2D eigenvalue weighted by molar-refractivity contribution is -0.138. The fraction of sp³-hybridized carbons (Fsp3) is 0.500. The Balaban J connectivity index is 1.66. The molecule has 0 unspecified atom stereocenters. The highest BCUT2D eigenvalue weighted by Gasteiger charge is 2.39. The third kappa shape index (κ3) is 2.83. The monoisotopic (exact) mass is 322 g/mol. The number of rotatable bonds is 2. The van der Waals surface area contributed by atoms with Crippen molar-refractivity contribution in [2.24, 2.45) is 0 Å². The van der Waals surface area contributed by atoms with Crippen LogP contribution < -0.4 is 5.32 Å². The minimum atomic E-state index is -0.992. The van der Waals surface area contributed by atoms with E-state index in [1.807, 2.05) is 18.2 Å². The second kappa shape index (κ2) is 5.89. The molecule has 3 rings (SSSR count). The molecule has 22 heavy (non-hydrogen) atoms. The Morgan fingerprint density at radius 1 is 1.32 bits per heavy atom. The van der Waals surface area contributed by atoms with E-state index in [9.17, 15) is 14.7 Å². The van der Waals surface area contributed by atoms with Crippen molar-refractivity contribution in [2.75, 3.05) is 13.1 Å². The summed E-state index contributed by atoms with van der Waals surface area (Å²) in [6.07, 6.45) is 1.86. The van der Waals surface area contributed by atoms with Gasteiger partial charge < -0.3 is 15.3 Å². The van der Waals surface area contributed by atoms with Gasteiger partial charge in [0.2, 0.25) is 11.8 Å². The molecular formula is C16H19ClN2O3. The van der Waals surface area contributed by atoms with Crippen molar-refractivity contribution in [1.29, 1.82) is 0 Å². The molecule has 2 aliphatic heterocycles. The zero-order valence-electron chi connectivity index (χ0n) is 12.2. The number of nitrogens with one attached hydrogen (secondary N) is 1. The number of amides is 2. The highest BCUT2D eigenvalue weighted by Crippen LogP contribution is 2.36. The third-order valence-corrected chi connectivity index (χ3v) is 4.90. The van der Waals surface area contributed by atoms with Crippen LogP contribution in [0.3, 0.4) is 0 Å². The third-order valence-electron chi connectivity index (χ3n) is 4.57. The van der Waals surface area contributed by atoms with E-state index in [2.05, 4.69) is 5.32 Å². The highest BCUT2D eigenvalue weighted by atomic mass is 35.5. The number of piperidine rings is 1. The maximum absolute atomic E-state index is 12.4. The molecule has 0 spiro atoms. The Hall–Kier alpha value is -1.59. The van der Waals surface area contributed by atoms with Crippen LogP contribution in [-0.2, 0) is 15.2 Å². The van der Waals surface area contributed by atoms with Gasteiger partial charge in [-0.15, -0.1) is 0 Å². The van der Waals surface area contributed by atoms with Crippen LogP contribution in [0.15, 0.2) is 24.3 Å². The van der Waals surface area contributed by atoms with Crippen molar-refractivity contribution < 1.29 is 14.7 Å². The zero-order chi connectivity index (χ0) is 15.7. The predicted molar refractivity (Wildman–Crippen MR) is 82.3 cm³/mol. The lowest BCUT2D eigenvalue weighted by Crippen LogP contribution is -2.50. The van der Waals surface area contributed by atoms with Crippen LogP contribution in [-0.4, -0.2) is 41.0 Å². The van der Waals surface area contributed by atoms with Crippen molar-refractivity contribution in [3.8, 4) is 0 Å². The molecule has 0 saturated carbocycles. The van der Waals surface area contributed by atoms with Gasteiger partial charge in [0.1, 0.15) is 6.04 Å². The second-order valence-corrected chi connectivity index (χ2v) is 6.40. The molecule has 2 aliphatic rings. The Kier molecular flexibility index (Phi) is 4.10. The summed E-state index contributed by atoms with van der Waals surface area (Å²) in [5, 5.41) is 14.1. The first-order valence-corrected chi connectivity index (χ1v) is 7.93. The Labute approximate surface area is 134 Å². The fourth-order valence-electron chi connectivity index (χ4n) is 3.22. The van der Waals surface area contributed by atoms with Gasteiger partial charge in [-0.3, -0.25) is 9.59 Å². The first-order chi connectivity index (χ1) is 10.5. The number of benzene rings is 1. The summed E-state index contributed by atoms with van der Waals surface area (Å²) in [6, 6.07) is 6.87. The minimum absolute atomic E-state index is 0.0490. The summed E-state index contributed by atoms with van der Waals surface area (Å²) in [6.45, 7) is 0.930. The normalized spacial score (nSPS) is 24.2. The van der Waals surface area contributed by atoms with E-state index in [1.165, 1.54) is 0 Å². The number of aliphatic hydroxyl groups is 1. The molecule has 5 nitrogen and oxygen atoms in total. The van der Waals surface area contributed by atoms with Gasteiger partial charge >= 0.3 is 0 Å². The second-order valence-electron chi connectivity index (χ2n) is 6.00. The van der Waals surface area contributed by atoms with Crippen molar-refractivity contribution in [3.63, 3.8) is 0 Å². The molecule has 1 atom stereocenters. The van der Waals surface area contributed by atoms with Crippen LogP contribution in [0, 0.1) is 0 Å². The molecule has 2 fully saturated rings. The van der Waals surface area contributed by atoms with Gasteiger partial charge in [-0.2, -0.15) is 0 Å². The average molecular weight is 323 g/mol. The summed E-state index contributed by atoms with van der Waals surface area (Å²) >= 11 is 6.18. The molecule has 2 N–H and O–H groups in total. The number of likely N-dealkylation sites (tertiary alicyclic amines) is 1. The van der Waals surface area contributed by atoms with E-state index in [4.69, 9.17) is 11.6 Å². The van der Waals surface area contributed by atoms with Gasteiger partial charge in [0.15, 0.2) is 0 Å². The molecular weight excluding hydrogens is 304 g/mol. The number of carbonyl (C=O) groups is 2. The van der Waals surface area contributed by atoms with Crippen molar-refractivity contribution in [2.45, 2.75) is 37.3 Å². The van der Waals surface area contributed by atoms with Crippen molar-refractivity contribution in [1.82, 2.24) is 10.2 Å². The number of carbonyl (C=O) groups excluding carboxylic acids is 2. The van der Waals surface area contributed by atoms with Gasteiger partial charge in [0.25, 0.3) is 0 Å². The topological polar surface area (TPSA) is 69.6 Å². The van der Waals surface area contributed by atoms with Gasteiger partial charge in [-0.1, -0.05) is 29.8 Å². The quantitative estimate of drug-likeness (QED) is 0.865. The largest absolute Gasteiger partial charge is 0.385 e. The minimum Gasteiger partial charge on any atom is -0.385 e. The summed E-state index contributed by atoms with van der Waals surface area (Å²) in [4.78, 5) is 25.3. The van der Waals surface area contributed by atoms with E-state index >= 15 is 0 Å². The number of halogens is 1. The SMILES string of the molecule is O=C1CC[C@H](C(=O)N2CCC(O)(c3ccccc3Cl)CC2)N1. The summed E-state index contributed by atoms with van der Waals surface area (Å²) in [5.74, 6) is -0.116. The van der Waals surface area contributed by atoms with Crippen LogP contribution in [0.2, 0.25) is 5.02 Å². The number of hydrogen-bond acceptors (Lipinski definition) is 3. The van der Waals surface area contributed by atoms with E-state index in [-0.39, 0.29) is 11.8 Å². The molecule has 1 aromatic rings. The molecule has 118 valence electrons. The van der Waals surface area contributed by atoms with E-state index < -0.39 is 11.6 Å². The molecule has 2 amide bonds. The first-order valence-electron chi connectivity index (χ1n) is 7.55. The summed E-state index contributed by atoms with van der Waals surface area (Å²) < 4.78 is 0. The zero-order valence-corrected chi connectivity index (χ0v) is 13.0. The van der Waals surface area contributed by atoms with Gasteiger partial charge in [0.05, 0.1) is 5.60 Å². The smallest absolute Gasteiger partial charge is 0.245 e. The molecule has 0 aliphatic carbocycles. The van der Waals surface area contributed by atoms with Crippen LogP contribution in [0.25, 0.3) is 0 Å². The standard InChI is InChI=1S/C16H19ClN2O3/c17-12-4-2-1-3-11(12)16(22)7-9-19(10-8-16)15(21)13-5-6-14(20)18-13/h1-4,13,22H,5-10H2,(H,18,20)/t13-/m1/s1. The van der Waals surface area contributed by atoms with Crippen LogP contribution in [0.1, 0.15) is 31.2 Å². The fourth-order valence-corrected chi connectivity index (χ4v) is 3.54. The predicted octanol–water partition coefficient (Wildman–Crippen LogP) is 1.43. The molecule has 6 heteroatoms. The first kappa shape index (κ1) is 15.3.